The van der Waals surface area contributed by atoms with Gasteiger partial charge in [-0.2, -0.15) is 0 Å². The molecule has 2 aromatic carbocycles. The van der Waals surface area contributed by atoms with Crippen LogP contribution >= 0.6 is 0 Å². The Morgan fingerprint density at radius 1 is 1.00 bits per heavy atom. The minimum absolute atomic E-state index is 0.0566. The fourth-order valence-corrected chi connectivity index (χ4v) is 4.51. The van der Waals surface area contributed by atoms with Gasteiger partial charge in [0.15, 0.2) is 0 Å². The molecular formula is C28H29N5O4. The van der Waals surface area contributed by atoms with Crippen LogP contribution < -0.4 is 10.5 Å². The van der Waals surface area contributed by atoms with Gasteiger partial charge in [-0.25, -0.2) is 9.78 Å². The van der Waals surface area contributed by atoms with Gasteiger partial charge in [-0.05, 0) is 48.9 Å². The second-order valence-corrected chi connectivity index (χ2v) is 9.28. The molecule has 1 aromatic heterocycles. The normalized spacial score (nSPS) is 18.1. The van der Waals surface area contributed by atoms with Crippen molar-refractivity contribution < 1.29 is 14.6 Å². The number of aromatic hydroxyl groups is 1. The van der Waals surface area contributed by atoms with Gasteiger partial charge in [-0.3, -0.25) is 14.6 Å². The number of morpholine rings is 1. The van der Waals surface area contributed by atoms with Crippen LogP contribution in [-0.4, -0.2) is 69.8 Å². The number of rotatable bonds is 5. The van der Waals surface area contributed by atoms with Gasteiger partial charge in [0.25, 0.3) is 5.56 Å². The minimum Gasteiger partial charge on any atom is -0.502 e. The molecule has 1 atom stereocenters. The molecule has 2 aliphatic rings. The molecule has 37 heavy (non-hydrogen) atoms. The highest BCUT2D eigenvalue weighted by molar-refractivity contribution is 5.94. The molecule has 3 aromatic rings. The van der Waals surface area contributed by atoms with Crippen LogP contribution in [0.2, 0.25) is 0 Å². The maximum absolute atomic E-state index is 13.1. The smallest absolute Gasteiger partial charge is 0.325 e. The molecule has 0 saturated carbocycles. The van der Waals surface area contributed by atoms with Gasteiger partial charge >= 0.3 is 6.03 Å². The molecule has 5 rings (SSSR count). The fraction of sp³-hybridized carbons (Fsp3) is 0.321. The number of ether oxygens (including phenoxy) is 1. The predicted molar refractivity (Wildman–Crippen MR) is 139 cm³/mol. The molecule has 0 bridgehead atoms. The number of carbonyl (C=O) groups is 1. The van der Waals surface area contributed by atoms with E-state index in [1.165, 1.54) is 11.9 Å². The second-order valence-electron chi connectivity index (χ2n) is 9.28. The zero-order valence-corrected chi connectivity index (χ0v) is 20.7. The molecule has 1 unspecified atom stereocenters. The highest BCUT2D eigenvalue weighted by Gasteiger charge is 2.36. The maximum atomic E-state index is 13.1. The molecule has 2 amide bonds. The lowest BCUT2D eigenvalue weighted by Gasteiger charge is -2.26. The molecule has 3 heterocycles. The van der Waals surface area contributed by atoms with Crippen molar-refractivity contribution in [3.63, 3.8) is 0 Å². The minimum atomic E-state index is -0.623. The van der Waals surface area contributed by atoms with Gasteiger partial charge < -0.3 is 19.7 Å². The molecule has 9 nitrogen and oxygen atoms in total. The molecule has 9 heteroatoms. The van der Waals surface area contributed by atoms with Crippen LogP contribution in [0.1, 0.15) is 29.3 Å². The third-order valence-corrected chi connectivity index (χ3v) is 6.67. The Labute approximate surface area is 215 Å². The van der Waals surface area contributed by atoms with E-state index in [-0.39, 0.29) is 24.3 Å². The molecule has 0 aliphatic carbocycles. The van der Waals surface area contributed by atoms with Crippen molar-refractivity contribution in [1.82, 2.24) is 19.8 Å². The van der Waals surface area contributed by atoms with Gasteiger partial charge in [0.2, 0.25) is 5.75 Å². The molecular weight excluding hydrogens is 470 g/mol. The largest absolute Gasteiger partial charge is 0.502 e. The van der Waals surface area contributed by atoms with E-state index >= 15 is 0 Å². The average molecular weight is 500 g/mol. The zero-order chi connectivity index (χ0) is 25.8. The van der Waals surface area contributed by atoms with Crippen LogP contribution in [0.4, 0.5) is 10.5 Å². The van der Waals surface area contributed by atoms with Crippen LogP contribution in [0.25, 0.3) is 0 Å². The number of nitrogens with zero attached hydrogens (tertiary/aromatic N) is 4. The van der Waals surface area contributed by atoms with E-state index in [0.29, 0.717) is 6.54 Å². The number of carbonyl (C=O) groups excluding carboxylic acids is 1. The third kappa shape index (κ3) is 5.66. The second kappa shape index (κ2) is 10.9. The average Bonchev–Trinajstić information content (AvgIpc) is 3.20. The van der Waals surface area contributed by atoms with Gasteiger partial charge in [0, 0.05) is 49.0 Å². The predicted octanol–water partition coefficient (Wildman–Crippen LogP) is 2.54. The van der Waals surface area contributed by atoms with Crippen molar-refractivity contribution in [2.24, 2.45) is 0 Å². The quantitative estimate of drug-likeness (QED) is 0.523. The third-order valence-electron chi connectivity index (χ3n) is 6.67. The SMILES string of the molecule is CC1CN(c2ccc(C#Cc3ccc(CN4CCOCC4)cc3)cc2)C(=O)N1Cc1nc[nH]c(=O)c1O. The van der Waals surface area contributed by atoms with Crippen molar-refractivity contribution in [3.8, 4) is 17.6 Å². The molecule has 2 aliphatic heterocycles. The Bertz CT molecular complexity index is 1370. The Kier molecular flexibility index (Phi) is 7.21. The molecule has 2 fully saturated rings. The van der Waals surface area contributed by atoms with Gasteiger partial charge in [0.1, 0.15) is 5.69 Å². The Morgan fingerprint density at radius 3 is 2.32 bits per heavy atom. The number of hydrogen-bond acceptors (Lipinski definition) is 6. The van der Waals surface area contributed by atoms with Gasteiger partial charge in [-0.1, -0.05) is 24.0 Å². The number of nitrogens with one attached hydrogen (secondary N) is 1. The fourth-order valence-electron chi connectivity index (χ4n) is 4.51. The summed E-state index contributed by atoms with van der Waals surface area (Å²) in [5, 5.41) is 9.98. The topological polar surface area (TPSA) is 102 Å². The molecule has 0 radical (unpaired) electrons. The molecule has 0 spiro atoms. The Hall–Kier alpha value is -4.13. The van der Waals surface area contributed by atoms with Crippen LogP contribution in [0.15, 0.2) is 59.7 Å². The summed E-state index contributed by atoms with van der Waals surface area (Å²) >= 11 is 0. The van der Waals surface area contributed by atoms with E-state index in [1.807, 2.05) is 43.3 Å². The van der Waals surface area contributed by atoms with Gasteiger partial charge in [-0.15, -0.1) is 0 Å². The van der Waals surface area contributed by atoms with E-state index < -0.39 is 11.3 Å². The van der Waals surface area contributed by atoms with Gasteiger partial charge in [0.05, 0.1) is 26.1 Å². The maximum Gasteiger partial charge on any atom is 0.325 e. The summed E-state index contributed by atoms with van der Waals surface area (Å²) in [6, 6.07) is 15.6. The number of H-pyrrole nitrogens is 1. The van der Waals surface area contributed by atoms with E-state index in [1.54, 1.807) is 9.80 Å². The number of benzene rings is 2. The first-order chi connectivity index (χ1) is 18.0. The van der Waals surface area contributed by atoms with Crippen molar-refractivity contribution >= 4 is 11.7 Å². The number of amides is 2. The summed E-state index contributed by atoms with van der Waals surface area (Å²) in [5.41, 5.74) is 3.38. The van der Waals surface area contributed by atoms with Crippen molar-refractivity contribution in [3.05, 3.63) is 87.6 Å². The van der Waals surface area contributed by atoms with Crippen LogP contribution in [0.5, 0.6) is 5.75 Å². The first-order valence-electron chi connectivity index (χ1n) is 12.3. The van der Waals surface area contributed by atoms with Crippen molar-refractivity contribution in [2.45, 2.75) is 26.1 Å². The number of aromatic nitrogens is 2. The Morgan fingerprint density at radius 2 is 1.65 bits per heavy atom. The lowest BCUT2D eigenvalue weighted by atomic mass is 10.1. The summed E-state index contributed by atoms with van der Waals surface area (Å²) < 4.78 is 5.41. The first kappa shape index (κ1) is 24.6. The molecule has 2 N–H and O–H groups in total. The number of urea groups is 1. The summed E-state index contributed by atoms with van der Waals surface area (Å²) in [6.45, 7) is 6.91. The summed E-state index contributed by atoms with van der Waals surface area (Å²) in [4.78, 5) is 36.7. The monoisotopic (exact) mass is 499 g/mol. The molecule has 2 saturated heterocycles. The standard InChI is InChI=1S/C28H29N5O4/c1-20-16-33(28(36)32(20)18-25-26(34)27(35)30-19-29-25)24-10-8-22(9-11-24)3-2-21-4-6-23(7-5-21)17-31-12-14-37-15-13-31/h4-11,19-20,34H,12-18H2,1H3,(H,29,30,35). The van der Waals surface area contributed by atoms with E-state index in [4.69, 9.17) is 4.74 Å². The highest BCUT2D eigenvalue weighted by atomic mass is 16.5. The van der Waals surface area contributed by atoms with Crippen molar-refractivity contribution in [1.29, 1.82) is 0 Å². The number of anilines is 1. The number of hydrogen-bond donors (Lipinski definition) is 2. The summed E-state index contributed by atoms with van der Waals surface area (Å²) in [6.07, 6.45) is 1.22. The van der Waals surface area contributed by atoms with Crippen LogP contribution in [-0.2, 0) is 17.8 Å². The molecule has 190 valence electrons. The summed E-state index contributed by atoms with van der Waals surface area (Å²) in [7, 11) is 0. The van der Waals surface area contributed by atoms with E-state index in [2.05, 4.69) is 38.8 Å². The van der Waals surface area contributed by atoms with Crippen LogP contribution in [0.3, 0.4) is 0 Å². The first-order valence-corrected chi connectivity index (χ1v) is 12.3. The lowest BCUT2D eigenvalue weighted by molar-refractivity contribution is 0.0342. The highest BCUT2D eigenvalue weighted by Crippen LogP contribution is 2.26. The van der Waals surface area contributed by atoms with Crippen molar-refractivity contribution in [2.75, 3.05) is 37.7 Å². The Balaban J connectivity index is 1.21. The zero-order valence-electron chi connectivity index (χ0n) is 20.7. The van der Waals surface area contributed by atoms with E-state index in [9.17, 15) is 14.7 Å². The number of aromatic amines is 1. The van der Waals surface area contributed by atoms with Crippen LogP contribution in [0, 0.1) is 11.8 Å². The summed E-state index contributed by atoms with van der Waals surface area (Å²) in [5.74, 6) is 5.94. The van der Waals surface area contributed by atoms with E-state index in [0.717, 1.165) is 49.7 Å². The lowest BCUT2D eigenvalue weighted by Crippen LogP contribution is -2.35.